The molecule has 2 fully saturated rings. The van der Waals surface area contributed by atoms with Crippen LogP contribution in [0.1, 0.15) is 74.5 Å². The predicted molar refractivity (Wildman–Crippen MR) is 140 cm³/mol. The number of ether oxygens (including phenoxy) is 1. The van der Waals surface area contributed by atoms with Crippen LogP contribution in [0.4, 0.5) is 10.2 Å². The number of aryl methyl sites for hydroxylation is 1. The van der Waals surface area contributed by atoms with E-state index in [4.69, 9.17) is 4.74 Å². The molecule has 37 heavy (non-hydrogen) atoms. The third kappa shape index (κ3) is 4.61. The first-order valence-corrected chi connectivity index (χ1v) is 12.9. The van der Waals surface area contributed by atoms with Crippen LogP contribution < -0.4 is 10.9 Å². The van der Waals surface area contributed by atoms with Gasteiger partial charge in [0.25, 0.3) is 5.56 Å². The lowest BCUT2D eigenvalue weighted by Crippen LogP contribution is -2.41. The van der Waals surface area contributed by atoms with Crippen LogP contribution in [0.15, 0.2) is 35.4 Å². The van der Waals surface area contributed by atoms with Gasteiger partial charge >= 0.3 is 0 Å². The Morgan fingerprint density at radius 2 is 1.97 bits per heavy atom. The van der Waals surface area contributed by atoms with Crippen LogP contribution >= 0.6 is 0 Å². The lowest BCUT2D eigenvalue weighted by Gasteiger charge is -2.30. The molecule has 2 aromatic heterocycles. The van der Waals surface area contributed by atoms with Gasteiger partial charge in [0.05, 0.1) is 29.6 Å². The monoisotopic (exact) mass is 507 g/mol. The fraction of sp³-hybridized carbons (Fsp3) is 0.500. The highest BCUT2D eigenvalue weighted by atomic mass is 19.1. The van der Waals surface area contributed by atoms with Crippen molar-refractivity contribution in [1.29, 1.82) is 0 Å². The normalized spacial score (nSPS) is 21.3. The van der Waals surface area contributed by atoms with E-state index in [2.05, 4.69) is 15.3 Å². The van der Waals surface area contributed by atoms with Gasteiger partial charge < -0.3 is 15.0 Å². The third-order valence-corrected chi connectivity index (χ3v) is 7.75. The van der Waals surface area contributed by atoms with Gasteiger partial charge in [0, 0.05) is 26.9 Å². The Kier molecular flexibility index (Phi) is 6.52. The molecule has 3 atom stereocenters. The second kappa shape index (κ2) is 9.52. The van der Waals surface area contributed by atoms with Crippen molar-refractivity contribution in [1.82, 2.24) is 19.4 Å². The number of hydrogen-bond acceptors (Lipinski definition) is 6. The zero-order valence-corrected chi connectivity index (χ0v) is 22.0. The molecular formula is C28H34FN5O3. The van der Waals surface area contributed by atoms with E-state index in [1.165, 1.54) is 10.9 Å². The molecule has 0 radical (unpaired) electrons. The maximum absolute atomic E-state index is 14.1. The van der Waals surface area contributed by atoms with Gasteiger partial charge in [0.2, 0.25) is 5.91 Å². The summed E-state index contributed by atoms with van der Waals surface area (Å²) in [5.41, 5.74) is 2.51. The molecule has 1 aliphatic heterocycles. The van der Waals surface area contributed by atoms with E-state index in [0.29, 0.717) is 47.5 Å². The maximum atomic E-state index is 14.1. The van der Waals surface area contributed by atoms with Gasteiger partial charge in [-0.15, -0.1) is 0 Å². The molecular weight excluding hydrogens is 473 g/mol. The molecule has 8 nitrogen and oxygen atoms in total. The summed E-state index contributed by atoms with van der Waals surface area (Å²) < 4.78 is 22.2. The second-order valence-corrected chi connectivity index (χ2v) is 10.4. The van der Waals surface area contributed by atoms with E-state index in [1.807, 2.05) is 38.1 Å². The van der Waals surface area contributed by atoms with Crippen molar-refractivity contribution in [3.05, 3.63) is 63.2 Å². The highest BCUT2D eigenvalue weighted by Crippen LogP contribution is 2.41. The summed E-state index contributed by atoms with van der Waals surface area (Å²) >= 11 is 0. The Hall–Kier alpha value is -3.33. The molecule has 3 heterocycles. The minimum atomic E-state index is -1.06. The zero-order valence-electron chi connectivity index (χ0n) is 22.0. The lowest BCUT2D eigenvalue weighted by atomic mass is 9.92. The van der Waals surface area contributed by atoms with E-state index in [-0.39, 0.29) is 23.6 Å². The molecule has 1 saturated heterocycles. The first kappa shape index (κ1) is 25.3. The summed E-state index contributed by atoms with van der Waals surface area (Å²) in [5, 5.41) is 4.16. The molecule has 0 bridgehead atoms. The van der Waals surface area contributed by atoms with Crippen molar-refractivity contribution >= 4 is 22.8 Å². The van der Waals surface area contributed by atoms with Crippen molar-refractivity contribution in [2.24, 2.45) is 7.05 Å². The molecule has 1 amide bonds. The molecule has 5 rings (SSSR count). The Labute approximate surface area is 215 Å². The zero-order chi connectivity index (χ0) is 26.5. The van der Waals surface area contributed by atoms with Crippen LogP contribution in [0.5, 0.6) is 0 Å². The second-order valence-electron chi connectivity index (χ2n) is 10.4. The number of pyridine rings is 1. The summed E-state index contributed by atoms with van der Waals surface area (Å²) in [5.74, 6) is 0.550. The summed E-state index contributed by atoms with van der Waals surface area (Å²) in [6.07, 6.45) is 2.95. The maximum Gasteiger partial charge on any atom is 0.258 e. The average molecular weight is 508 g/mol. The number of carbonyl (C=O) groups is 1. The summed E-state index contributed by atoms with van der Waals surface area (Å²) in [7, 11) is 1.70. The smallest absolute Gasteiger partial charge is 0.258 e. The number of amides is 1. The van der Waals surface area contributed by atoms with Crippen LogP contribution in [-0.4, -0.2) is 44.5 Å². The molecule has 0 spiro atoms. The summed E-state index contributed by atoms with van der Waals surface area (Å²) in [6.45, 7) is 7.91. The van der Waals surface area contributed by atoms with Gasteiger partial charge in [-0.3, -0.25) is 14.2 Å². The van der Waals surface area contributed by atoms with E-state index in [1.54, 1.807) is 25.8 Å². The number of carbonyl (C=O) groups excluding carboxylic acids is 1. The van der Waals surface area contributed by atoms with Gasteiger partial charge in [-0.2, -0.15) is 0 Å². The number of aromatic nitrogens is 3. The Bertz CT molecular complexity index is 1420. The minimum Gasteiger partial charge on any atom is -0.365 e. The topological polar surface area (TPSA) is 89.3 Å². The van der Waals surface area contributed by atoms with Crippen LogP contribution in [0, 0.1) is 6.92 Å². The Balaban J connectivity index is 1.59. The van der Waals surface area contributed by atoms with Crippen molar-refractivity contribution in [3.63, 3.8) is 0 Å². The van der Waals surface area contributed by atoms with E-state index in [9.17, 15) is 14.0 Å². The molecule has 3 aromatic rings. The van der Waals surface area contributed by atoms with Gasteiger partial charge in [-0.05, 0) is 56.4 Å². The van der Waals surface area contributed by atoms with E-state index in [0.717, 1.165) is 24.0 Å². The first-order valence-electron chi connectivity index (χ1n) is 12.9. The molecule has 1 aliphatic carbocycles. The van der Waals surface area contributed by atoms with E-state index < -0.39 is 11.8 Å². The number of rotatable bonds is 7. The fourth-order valence-corrected chi connectivity index (χ4v) is 5.50. The van der Waals surface area contributed by atoms with Crippen molar-refractivity contribution in [3.8, 4) is 0 Å². The van der Waals surface area contributed by atoms with Gasteiger partial charge in [0.1, 0.15) is 29.6 Å². The number of anilines is 1. The number of benzene rings is 1. The molecule has 9 heteroatoms. The highest BCUT2D eigenvalue weighted by molar-refractivity contribution is 5.87. The number of halogens is 1. The molecule has 1 N–H and O–H groups in total. The number of likely N-dealkylation sites (tertiary alicyclic amines) is 1. The minimum absolute atomic E-state index is 0.0291. The van der Waals surface area contributed by atoms with Crippen LogP contribution in [-0.2, 0) is 22.2 Å². The Morgan fingerprint density at radius 3 is 2.62 bits per heavy atom. The molecule has 2 unspecified atom stereocenters. The number of nitrogens with one attached hydrogen (secondary N) is 1. The average Bonchev–Trinajstić information content (AvgIpc) is 3.56. The van der Waals surface area contributed by atoms with Gasteiger partial charge in [0.15, 0.2) is 0 Å². The lowest BCUT2D eigenvalue weighted by molar-refractivity contribution is -0.130. The predicted octanol–water partition coefficient (Wildman–Crippen LogP) is 4.47. The SMILES string of the molecule is CC(=O)N1CCC(OC2CC2)(c2cc3c(N[C@H](C)c4cccc(C(C)F)c4C)ncnc3n(C)c2=O)C1. The molecule has 1 aromatic carbocycles. The number of hydrogen-bond donors (Lipinski definition) is 1. The molecule has 196 valence electrons. The van der Waals surface area contributed by atoms with Crippen LogP contribution in [0.2, 0.25) is 0 Å². The molecule has 2 aliphatic rings. The Morgan fingerprint density at radius 1 is 1.24 bits per heavy atom. The number of alkyl halides is 1. The fourth-order valence-electron chi connectivity index (χ4n) is 5.50. The first-order chi connectivity index (χ1) is 17.6. The van der Waals surface area contributed by atoms with Crippen molar-refractivity contribution in [2.75, 3.05) is 18.4 Å². The summed E-state index contributed by atoms with van der Waals surface area (Å²) in [6, 6.07) is 7.33. The van der Waals surface area contributed by atoms with Crippen molar-refractivity contribution in [2.45, 2.75) is 70.9 Å². The number of nitrogens with zero attached hydrogens (tertiary/aromatic N) is 4. The van der Waals surface area contributed by atoms with E-state index >= 15 is 0 Å². The summed E-state index contributed by atoms with van der Waals surface area (Å²) in [4.78, 5) is 36.5. The van der Waals surface area contributed by atoms with Crippen LogP contribution in [0.3, 0.4) is 0 Å². The van der Waals surface area contributed by atoms with Crippen LogP contribution in [0.25, 0.3) is 11.0 Å². The standard InChI is InChI=1S/C28H34FN5O3/c1-16-21(17(2)29)7-6-8-22(16)18(3)32-25-23-13-24(27(36)33(5)26(23)31-15-30-25)28(37-20-9-10-20)11-12-34(14-28)19(4)35/h6-8,13,15,17-18,20H,9-12,14H2,1-5H3,(H,30,31,32)/t17?,18-,28?/m1/s1. The van der Waals surface area contributed by atoms with Crippen molar-refractivity contribution < 1.29 is 13.9 Å². The quantitative estimate of drug-likeness (QED) is 0.508. The van der Waals surface area contributed by atoms with Gasteiger partial charge in [-0.1, -0.05) is 18.2 Å². The van der Waals surface area contributed by atoms with Gasteiger partial charge in [-0.25, -0.2) is 14.4 Å². The number of fused-ring (bicyclic) bond motifs is 1. The largest absolute Gasteiger partial charge is 0.365 e. The molecule has 1 saturated carbocycles. The highest BCUT2D eigenvalue weighted by Gasteiger charge is 2.47. The third-order valence-electron chi connectivity index (χ3n) is 7.75.